The van der Waals surface area contributed by atoms with Crippen LogP contribution in [0.3, 0.4) is 0 Å². The Labute approximate surface area is 169 Å². The molecule has 2 aromatic carbocycles. The number of urea groups is 1. The van der Waals surface area contributed by atoms with E-state index in [1.807, 2.05) is 5.32 Å². The molecule has 7 nitrogen and oxygen atoms in total. The number of para-hydroxylation sites is 1. The molecule has 2 aromatic rings. The molecular formula is C20H16F3N3O4. The summed E-state index contributed by atoms with van der Waals surface area (Å²) in [6.45, 7) is 0.0958. The van der Waals surface area contributed by atoms with Crippen LogP contribution in [0.15, 0.2) is 53.5 Å². The molecule has 4 amide bonds. The molecule has 1 saturated heterocycles. The van der Waals surface area contributed by atoms with Crippen LogP contribution in [0.2, 0.25) is 0 Å². The number of aliphatic imine (C=N–C) groups is 1. The second-order valence-corrected chi connectivity index (χ2v) is 6.30. The quantitative estimate of drug-likeness (QED) is 0.596. The van der Waals surface area contributed by atoms with Gasteiger partial charge in [-0.25, -0.2) is 9.69 Å². The third-order valence-electron chi connectivity index (χ3n) is 4.34. The van der Waals surface area contributed by atoms with E-state index in [1.54, 1.807) is 24.3 Å². The van der Waals surface area contributed by atoms with Crippen molar-refractivity contribution in [2.45, 2.75) is 12.7 Å². The minimum absolute atomic E-state index is 0.0958. The molecule has 0 spiro atoms. The summed E-state index contributed by atoms with van der Waals surface area (Å²) in [5.74, 6) is -2.80. The number of carbonyl (C=O) groups is 3. The third kappa shape index (κ3) is 4.32. The molecule has 10 heteroatoms. The van der Waals surface area contributed by atoms with E-state index < -0.39 is 35.5 Å². The van der Waals surface area contributed by atoms with Crippen molar-refractivity contribution in [2.24, 2.45) is 10.9 Å². The highest BCUT2D eigenvalue weighted by molar-refractivity contribution is 6.32. The lowest BCUT2D eigenvalue weighted by Crippen LogP contribution is -2.58. The lowest BCUT2D eigenvalue weighted by Gasteiger charge is -2.28. The normalized spacial score (nSPS) is 17.4. The van der Waals surface area contributed by atoms with Gasteiger partial charge in [0.1, 0.15) is 5.75 Å². The molecule has 0 aliphatic carbocycles. The average molecular weight is 419 g/mol. The fourth-order valence-corrected chi connectivity index (χ4v) is 2.88. The van der Waals surface area contributed by atoms with Crippen molar-refractivity contribution in [1.82, 2.24) is 5.32 Å². The fourth-order valence-electron chi connectivity index (χ4n) is 2.88. The predicted molar refractivity (Wildman–Crippen MR) is 101 cm³/mol. The summed E-state index contributed by atoms with van der Waals surface area (Å²) in [5, 5.41) is 1.97. The summed E-state index contributed by atoms with van der Waals surface area (Å²) in [7, 11) is 1.49. The number of benzene rings is 2. The molecule has 1 atom stereocenters. The van der Waals surface area contributed by atoms with Gasteiger partial charge in [0.15, 0.2) is 5.92 Å². The molecule has 1 heterocycles. The summed E-state index contributed by atoms with van der Waals surface area (Å²) >= 11 is 0. The van der Waals surface area contributed by atoms with Gasteiger partial charge in [0.2, 0.25) is 5.91 Å². The van der Waals surface area contributed by atoms with Gasteiger partial charge in [-0.1, -0.05) is 24.3 Å². The van der Waals surface area contributed by atoms with Crippen LogP contribution in [-0.2, 0) is 22.3 Å². The first-order valence-electron chi connectivity index (χ1n) is 8.70. The zero-order valence-corrected chi connectivity index (χ0v) is 15.6. The number of carbonyl (C=O) groups excluding carboxylic acids is 3. The van der Waals surface area contributed by atoms with Crippen molar-refractivity contribution in [3.63, 3.8) is 0 Å². The molecule has 0 bridgehead atoms. The number of barbiturate groups is 1. The van der Waals surface area contributed by atoms with Crippen molar-refractivity contribution in [2.75, 3.05) is 12.0 Å². The summed E-state index contributed by atoms with van der Waals surface area (Å²) in [5.41, 5.74) is -0.632. The first-order valence-corrected chi connectivity index (χ1v) is 8.70. The Morgan fingerprint density at radius 3 is 2.57 bits per heavy atom. The molecule has 30 heavy (non-hydrogen) atoms. The maximum absolute atomic E-state index is 13.0. The van der Waals surface area contributed by atoms with Crippen LogP contribution in [0.25, 0.3) is 0 Å². The molecule has 1 aliphatic heterocycles. The number of rotatable bonds is 5. The number of hydrogen-bond acceptors (Lipinski definition) is 5. The van der Waals surface area contributed by atoms with E-state index in [0.717, 1.165) is 18.3 Å². The molecule has 156 valence electrons. The van der Waals surface area contributed by atoms with Crippen LogP contribution in [0.4, 0.5) is 23.7 Å². The van der Waals surface area contributed by atoms with E-state index >= 15 is 0 Å². The highest BCUT2D eigenvalue weighted by atomic mass is 19.4. The molecule has 0 saturated carbocycles. The Morgan fingerprint density at radius 2 is 1.87 bits per heavy atom. The van der Waals surface area contributed by atoms with Crippen molar-refractivity contribution >= 4 is 29.7 Å². The van der Waals surface area contributed by atoms with Gasteiger partial charge in [0.25, 0.3) is 5.91 Å². The smallest absolute Gasteiger partial charge is 0.416 e. The standard InChI is InChI=1S/C20H16F3N3O4/c1-30-16-8-3-2-5-12(16)10-24-11-15-17(27)25-19(29)26(18(15)28)14-7-4-6-13(9-14)20(21,22)23/h2-9,11,15H,10H2,1H3,(H,25,27,29)/t15-/m0/s1. The minimum Gasteiger partial charge on any atom is -0.496 e. The molecule has 0 aromatic heterocycles. The molecule has 1 fully saturated rings. The number of amides is 4. The minimum atomic E-state index is -4.66. The van der Waals surface area contributed by atoms with E-state index in [-0.39, 0.29) is 12.2 Å². The number of anilines is 1. The van der Waals surface area contributed by atoms with Crippen molar-refractivity contribution in [3.8, 4) is 5.75 Å². The van der Waals surface area contributed by atoms with Crippen LogP contribution in [0.5, 0.6) is 5.75 Å². The second kappa shape index (κ2) is 8.36. The Hall–Kier alpha value is -3.69. The highest BCUT2D eigenvalue weighted by Gasteiger charge is 2.41. The summed E-state index contributed by atoms with van der Waals surface area (Å²) in [6.07, 6.45) is -3.59. The van der Waals surface area contributed by atoms with E-state index in [0.29, 0.717) is 22.3 Å². The Morgan fingerprint density at radius 1 is 1.13 bits per heavy atom. The molecule has 0 radical (unpaired) electrons. The van der Waals surface area contributed by atoms with Gasteiger partial charge < -0.3 is 4.74 Å². The van der Waals surface area contributed by atoms with Crippen LogP contribution in [-0.4, -0.2) is 31.2 Å². The van der Waals surface area contributed by atoms with E-state index in [1.165, 1.54) is 13.2 Å². The third-order valence-corrected chi connectivity index (χ3v) is 4.34. The second-order valence-electron chi connectivity index (χ2n) is 6.30. The van der Waals surface area contributed by atoms with Gasteiger partial charge in [0.05, 0.1) is 24.9 Å². The lowest BCUT2D eigenvalue weighted by atomic mass is 10.0. The maximum atomic E-state index is 13.0. The number of nitrogens with zero attached hydrogens (tertiary/aromatic N) is 2. The Kier molecular flexibility index (Phi) is 5.86. The number of ether oxygens (including phenoxy) is 1. The number of hydrogen-bond donors (Lipinski definition) is 1. The monoisotopic (exact) mass is 419 g/mol. The van der Waals surface area contributed by atoms with Crippen LogP contribution >= 0.6 is 0 Å². The first kappa shape index (κ1) is 21.0. The van der Waals surface area contributed by atoms with E-state index in [4.69, 9.17) is 4.74 Å². The van der Waals surface area contributed by atoms with Gasteiger partial charge >= 0.3 is 12.2 Å². The number of imide groups is 2. The maximum Gasteiger partial charge on any atom is 0.416 e. The van der Waals surface area contributed by atoms with E-state index in [9.17, 15) is 27.6 Å². The number of nitrogens with one attached hydrogen (secondary N) is 1. The van der Waals surface area contributed by atoms with Gasteiger partial charge in [-0.2, -0.15) is 13.2 Å². The van der Waals surface area contributed by atoms with E-state index in [2.05, 4.69) is 4.99 Å². The van der Waals surface area contributed by atoms with Crippen LogP contribution in [0.1, 0.15) is 11.1 Å². The van der Waals surface area contributed by atoms with Crippen molar-refractivity contribution in [3.05, 3.63) is 59.7 Å². The van der Waals surface area contributed by atoms with Gasteiger partial charge in [-0.15, -0.1) is 0 Å². The fraction of sp³-hybridized carbons (Fsp3) is 0.200. The average Bonchev–Trinajstić information content (AvgIpc) is 2.70. The Bertz CT molecular complexity index is 1020. The number of methoxy groups -OCH3 is 1. The lowest BCUT2D eigenvalue weighted by molar-refractivity contribution is -0.138. The topological polar surface area (TPSA) is 88.1 Å². The zero-order chi connectivity index (χ0) is 21.9. The van der Waals surface area contributed by atoms with Crippen LogP contribution in [0, 0.1) is 5.92 Å². The predicted octanol–water partition coefficient (Wildman–Crippen LogP) is 3.18. The number of halogens is 3. The Balaban J connectivity index is 1.84. The largest absolute Gasteiger partial charge is 0.496 e. The number of alkyl halides is 3. The van der Waals surface area contributed by atoms with Crippen molar-refractivity contribution < 1.29 is 32.3 Å². The van der Waals surface area contributed by atoms with Gasteiger partial charge in [-0.3, -0.25) is 19.9 Å². The zero-order valence-electron chi connectivity index (χ0n) is 15.6. The molecule has 1 N–H and O–H groups in total. The molecule has 3 rings (SSSR count). The van der Waals surface area contributed by atoms with Gasteiger partial charge in [-0.05, 0) is 24.3 Å². The highest BCUT2D eigenvalue weighted by Crippen LogP contribution is 2.32. The summed E-state index contributed by atoms with van der Waals surface area (Å²) in [6, 6.07) is 9.59. The molecule has 1 aliphatic rings. The summed E-state index contributed by atoms with van der Waals surface area (Å²) < 4.78 is 44.1. The van der Waals surface area contributed by atoms with Gasteiger partial charge in [0, 0.05) is 11.8 Å². The molecule has 0 unspecified atom stereocenters. The first-order chi connectivity index (χ1) is 14.2. The molecular weight excluding hydrogens is 403 g/mol. The summed E-state index contributed by atoms with van der Waals surface area (Å²) in [4.78, 5) is 41.5. The van der Waals surface area contributed by atoms with Crippen LogP contribution < -0.4 is 15.0 Å². The van der Waals surface area contributed by atoms with Crippen molar-refractivity contribution in [1.29, 1.82) is 0 Å². The SMILES string of the molecule is COc1ccccc1CN=C[C@H]1C(=O)NC(=O)N(c2cccc(C(F)(F)F)c2)C1=O.